The van der Waals surface area contributed by atoms with Gasteiger partial charge in [0.15, 0.2) is 5.83 Å². The lowest BCUT2D eigenvalue weighted by Crippen LogP contribution is -2.46. The van der Waals surface area contributed by atoms with E-state index in [0.29, 0.717) is 17.5 Å². The normalized spacial score (nSPS) is 29.4. The number of carbonyl (C=O) groups is 1. The summed E-state index contributed by atoms with van der Waals surface area (Å²) in [7, 11) is 4.02. The lowest BCUT2D eigenvalue weighted by molar-refractivity contribution is -0.119. The molecular formula is C14H23FN2O. The first-order valence-corrected chi connectivity index (χ1v) is 6.84. The standard InChI is InChI=1S/C14H23FN2O/c1-9(10-7-8-10)13(15)14(18)16-11-5-4-6-12(11)17(2)3/h10-12H,4-8H2,1-3H3,(H,16,18)/b13-9-/t11-,12-/m1/s1. The van der Waals surface area contributed by atoms with Crippen LogP contribution in [0, 0.1) is 5.92 Å². The second-order valence-corrected chi connectivity index (χ2v) is 5.81. The van der Waals surface area contributed by atoms with Crippen LogP contribution in [0.1, 0.15) is 39.0 Å². The average Bonchev–Trinajstić information content (AvgIpc) is 3.07. The zero-order valence-electron chi connectivity index (χ0n) is 11.5. The molecule has 2 rings (SSSR count). The fourth-order valence-electron chi connectivity index (χ4n) is 2.83. The minimum atomic E-state index is -0.554. The monoisotopic (exact) mass is 254 g/mol. The Bertz CT molecular complexity index is 361. The SMILES string of the molecule is C/C(=C(/F)C(=O)N[C@@H]1CCC[C@H]1N(C)C)C1CC1. The van der Waals surface area contributed by atoms with Crippen molar-refractivity contribution in [3.05, 3.63) is 11.4 Å². The zero-order valence-corrected chi connectivity index (χ0v) is 11.5. The Morgan fingerprint density at radius 1 is 1.22 bits per heavy atom. The van der Waals surface area contributed by atoms with Crippen LogP contribution in [0.5, 0.6) is 0 Å². The van der Waals surface area contributed by atoms with E-state index in [1.165, 1.54) is 0 Å². The molecule has 0 aromatic heterocycles. The van der Waals surface area contributed by atoms with Crippen LogP contribution in [-0.4, -0.2) is 37.0 Å². The number of amides is 1. The van der Waals surface area contributed by atoms with Gasteiger partial charge in [0, 0.05) is 12.1 Å². The molecule has 1 N–H and O–H groups in total. The minimum Gasteiger partial charge on any atom is -0.346 e. The largest absolute Gasteiger partial charge is 0.346 e. The van der Waals surface area contributed by atoms with Crippen LogP contribution in [0.2, 0.25) is 0 Å². The summed E-state index contributed by atoms with van der Waals surface area (Å²) in [6.07, 6.45) is 5.17. The number of carbonyl (C=O) groups excluding carboxylic acids is 1. The summed E-state index contributed by atoms with van der Waals surface area (Å²) >= 11 is 0. The van der Waals surface area contributed by atoms with Gasteiger partial charge in [-0.2, -0.15) is 0 Å². The molecule has 18 heavy (non-hydrogen) atoms. The molecule has 0 spiro atoms. The van der Waals surface area contributed by atoms with E-state index in [1.807, 2.05) is 14.1 Å². The van der Waals surface area contributed by atoms with Crippen molar-refractivity contribution in [2.24, 2.45) is 5.92 Å². The molecule has 1 amide bonds. The number of likely N-dealkylation sites (N-methyl/N-ethyl adjacent to an activating group) is 1. The minimum absolute atomic E-state index is 0.0882. The summed E-state index contributed by atoms with van der Waals surface area (Å²) in [6.45, 7) is 1.74. The van der Waals surface area contributed by atoms with Crippen molar-refractivity contribution in [1.29, 1.82) is 0 Å². The molecule has 0 aromatic rings. The maximum absolute atomic E-state index is 13.9. The van der Waals surface area contributed by atoms with Gasteiger partial charge in [0.1, 0.15) is 0 Å². The molecule has 0 saturated heterocycles. The number of halogens is 1. The third-order valence-electron chi connectivity index (χ3n) is 4.19. The molecule has 2 saturated carbocycles. The molecule has 0 unspecified atom stereocenters. The summed E-state index contributed by atoms with van der Waals surface area (Å²) in [5.41, 5.74) is 0.631. The van der Waals surface area contributed by atoms with Crippen LogP contribution >= 0.6 is 0 Å². The van der Waals surface area contributed by atoms with Crippen LogP contribution in [0.4, 0.5) is 4.39 Å². The Labute approximate surface area is 108 Å². The van der Waals surface area contributed by atoms with Crippen LogP contribution in [0.3, 0.4) is 0 Å². The van der Waals surface area contributed by atoms with Crippen molar-refractivity contribution in [1.82, 2.24) is 10.2 Å². The molecule has 102 valence electrons. The van der Waals surface area contributed by atoms with E-state index >= 15 is 0 Å². The Morgan fingerprint density at radius 3 is 2.44 bits per heavy atom. The van der Waals surface area contributed by atoms with Gasteiger partial charge in [-0.05, 0) is 64.6 Å². The van der Waals surface area contributed by atoms with Crippen molar-refractivity contribution < 1.29 is 9.18 Å². The highest BCUT2D eigenvalue weighted by Gasteiger charge is 2.32. The summed E-state index contributed by atoms with van der Waals surface area (Å²) in [6, 6.07) is 0.424. The van der Waals surface area contributed by atoms with Gasteiger partial charge in [0.25, 0.3) is 5.91 Å². The molecule has 0 bridgehead atoms. The smallest absolute Gasteiger partial charge is 0.280 e. The number of rotatable bonds is 4. The quantitative estimate of drug-likeness (QED) is 0.780. The number of nitrogens with one attached hydrogen (secondary N) is 1. The second-order valence-electron chi connectivity index (χ2n) is 5.81. The Balaban J connectivity index is 1.96. The molecule has 2 aliphatic rings. The Kier molecular flexibility index (Phi) is 4.05. The number of nitrogens with zero attached hydrogens (tertiary/aromatic N) is 1. The fraction of sp³-hybridized carbons (Fsp3) is 0.786. The van der Waals surface area contributed by atoms with Crippen molar-refractivity contribution >= 4 is 5.91 Å². The Morgan fingerprint density at radius 2 is 1.89 bits per heavy atom. The van der Waals surface area contributed by atoms with Gasteiger partial charge in [0.2, 0.25) is 0 Å². The first-order chi connectivity index (χ1) is 8.50. The summed E-state index contributed by atoms with van der Waals surface area (Å²) in [5, 5.41) is 2.86. The average molecular weight is 254 g/mol. The van der Waals surface area contributed by atoms with E-state index in [0.717, 1.165) is 32.1 Å². The molecule has 4 heteroatoms. The van der Waals surface area contributed by atoms with Crippen LogP contribution < -0.4 is 5.32 Å². The van der Waals surface area contributed by atoms with Crippen molar-refractivity contribution in [3.63, 3.8) is 0 Å². The first-order valence-electron chi connectivity index (χ1n) is 6.84. The highest BCUT2D eigenvalue weighted by molar-refractivity contribution is 5.92. The van der Waals surface area contributed by atoms with Gasteiger partial charge in [-0.25, -0.2) is 4.39 Å². The highest BCUT2D eigenvalue weighted by atomic mass is 19.1. The van der Waals surface area contributed by atoms with Crippen LogP contribution in [0.15, 0.2) is 11.4 Å². The lowest BCUT2D eigenvalue weighted by Gasteiger charge is -2.26. The maximum atomic E-state index is 13.9. The van der Waals surface area contributed by atoms with E-state index in [9.17, 15) is 9.18 Å². The highest BCUT2D eigenvalue weighted by Crippen LogP contribution is 2.38. The van der Waals surface area contributed by atoms with E-state index in [2.05, 4.69) is 10.2 Å². The third kappa shape index (κ3) is 2.91. The summed E-state index contributed by atoms with van der Waals surface area (Å²) < 4.78 is 13.9. The lowest BCUT2D eigenvalue weighted by atomic mass is 10.1. The molecule has 2 fully saturated rings. The molecule has 2 atom stereocenters. The molecule has 0 heterocycles. The van der Waals surface area contributed by atoms with Gasteiger partial charge in [-0.15, -0.1) is 0 Å². The van der Waals surface area contributed by atoms with E-state index in [-0.39, 0.29) is 6.04 Å². The summed E-state index contributed by atoms with van der Waals surface area (Å²) in [5.74, 6) is -0.760. The summed E-state index contributed by atoms with van der Waals surface area (Å²) in [4.78, 5) is 14.0. The predicted octanol–water partition coefficient (Wildman–Crippen LogP) is 2.24. The first kappa shape index (κ1) is 13.5. The van der Waals surface area contributed by atoms with E-state index in [4.69, 9.17) is 0 Å². The maximum Gasteiger partial charge on any atom is 0.280 e. The second kappa shape index (κ2) is 5.39. The molecule has 2 aliphatic carbocycles. The number of allylic oxidation sites excluding steroid dienone is 1. The van der Waals surface area contributed by atoms with Gasteiger partial charge >= 0.3 is 0 Å². The predicted molar refractivity (Wildman–Crippen MR) is 69.8 cm³/mol. The van der Waals surface area contributed by atoms with Crippen molar-refractivity contribution in [2.45, 2.75) is 51.1 Å². The van der Waals surface area contributed by atoms with Crippen molar-refractivity contribution in [2.75, 3.05) is 14.1 Å². The van der Waals surface area contributed by atoms with Gasteiger partial charge < -0.3 is 10.2 Å². The van der Waals surface area contributed by atoms with Gasteiger partial charge in [-0.1, -0.05) is 0 Å². The molecule has 0 radical (unpaired) electrons. The molecule has 3 nitrogen and oxygen atoms in total. The van der Waals surface area contributed by atoms with Crippen LogP contribution in [0.25, 0.3) is 0 Å². The van der Waals surface area contributed by atoms with Gasteiger partial charge in [0.05, 0.1) is 0 Å². The molecule has 0 aromatic carbocycles. The zero-order chi connectivity index (χ0) is 13.3. The third-order valence-corrected chi connectivity index (χ3v) is 4.19. The Hall–Kier alpha value is -0.900. The van der Waals surface area contributed by atoms with Crippen molar-refractivity contribution in [3.8, 4) is 0 Å². The van der Waals surface area contributed by atoms with E-state index < -0.39 is 11.7 Å². The number of hydrogen-bond acceptors (Lipinski definition) is 2. The van der Waals surface area contributed by atoms with Crippen LogP contribution in [-0.2, 0) is 4.79 Å². The topological polar surface area (TPSA) is 32.3 Å². The fourth-order valence-corrected chi connectivity index (χ4v) is 2.83. The van der Waals surface area contributed by atoms with Gasteiger partial charge in [-0.3, -0.25) is 4.79 Å². The molecular weight excluding hydrogens is 231 g/mol. The molecule has 0 aliphatic heterocycles. The number of hydrogen-bond donors (Lipinski definition) is 1. The van der Waals surface area contributed by atoms with E-state index in [1.54, 1.807) is 6.92 Å².